The minimum absolute atomic E-state index is 0.212. The van der Waals surface area contributed by atoms with E-state index in [1.807, 2.05) is 18.2 Å². The van der Waals surface area contributed by atoms with Gasteiger partial charge in [-0.15, -0.1) is 0 Å². The first-order valence-corrected chi connectivity index (χ1v) is 6.91. The maximum absolute atomic E-state index is 11.2. The Labute approximate surface area is 129 Å². The number of anilines is 1. The number of nitrogen functional groups attached to an aromatic ring is 1. The standard InChI is InChI=1S/C15H10ClN5O/c16-14-9(2-3-11-10(14)5-18-20-11)8-1-4-13-19-15(17)12(7-22)21(13)6-8/h1-7H,17H2,(H,18,20). The molecule has 0 amide bonds. The summed E-state index contributed by atoms with van der Waals surface area (Å²) >= 11 is 6.47. The molecule has 4 rings (SSSR count). The van der Waals surface area contributed by atoms with Crippen LogP contribution >= 0.6 is 11.6 Å². The summed E-state index contributed by atoms with van der Waals surface area (Å²) in [5.41, 5.74) is 9.27. The Bertz CT molecular complexity index is 1030. The van der Waals surface area contributed by atoms with Crippen LogP contribution in [0.4, 0.5) is 5.82 Å². The quantitative estimate of drug-likeness (QED) is 0.557. The van der Waals surface area contributed by atoms with Crippen LogP contribution in [-0.4, -0.2) is 25.9 Å². The van der Waals surface area contributed by atoms with E-state index >= 15 is 0 Å². The predicted molar refractivity (Wildman–Crippen MR) is 85.1 cm³/mol. The van der Waals surface area contributed by atoms with Crippen LogP contribution in [-0.2, 0) is 0 Å². The van der Waals surface area contributed by atoms with Gasteiger partial charge in [-0.1, -0.05) is 17.7 Å². The molecule has 0 spiro atoms. The minimum atomic E-state index is 0.212. The monoisotopic (exact) mass is 311 g/mol. The van der Waals surface area contributed by atoms with Gasteiger partial charge in [0, 0.05) is 17.1 Å². The normalized spacial score (nSPS) is 11.3. The lowest BCUT2D eigenvalue weighted by molar-refractivity contribution is 0.111. The van der Waals surface area contributed by atoms with Gasteiger partial charge in [0.15, 0.2) is 12.1 Å². The Hall–Kier alpha value is -2.86. The van der Waals surface area contributed by atoms with E-state index in [0.717, 1.165) is 22.0 Å². The lowest BCUT2D eigenvalue weighted by Gasteiger charge is -2.06. The molecule has 22 heavy (non-hydrogen) atoms. The zero-order valence-electron chi connectivity index (χ0n) is 11.2. The summed E-state index contributed by atoms with van der Waals surface area (Å²) in [5, 5.41) is 8.32. The number of aromatic nitrogens is 4. The van der Waals surface area contributed by atoms with Crippen molar-refractivity contribution < 1.29 is 4.79 Å². The third-order valence-corrected chi connectivity index (χ3v) is 4.07. The summed E-state index contributed by atoms with van der Waals surface area (Å²) in [6, 6.07) is 7.51. The van der Waals surface area contributed by atoms with Gasteiger partial charge in [0.2, 0.25) is 0 Å². The van der Waals surface area contributed by atoms with Crippen LogP contribution in [0, 0.1) is 0 Å². The van der Waals surface area contributed by atoms with Crippen LogP contribution in [0.25, 0.3) is 27.7 Å². The van der Waals surface area contributed by atoms with E-state index in [1.54, 1.807) is 22.9 Å². The van der Waals surface area contributed by atoms with Crippen molar-refractivity contribution in [2.75, 3.05) is 5.73 Å². The maximum Gasteiger partial charge on any atom is 0.170 e. The number of imidazole rings is 1. The fourth-order valence-electron chi connectivity index (χ4n) is 2.56. The molecule has 6 nitrogen and oxygen atoms in total. The summed E-state index contributed by atoms with van der Waals surface area (Å²) < 4.78 is 1.66. The van der Waals surface area contributed by atoms with Crippen molar-refractivity contribution in [1.82, 2.24) is 19.6 Å². The Kier molecular flexibility index (Phi) is 2.67. The first-order chi connectivity index (χ1) is 10.7. The van der Waals surface area contributed by atoms with Crippen LogP contribution < -0.4 is 5.73 Å². The van der Waals surface area contributed by atoms with E-state index in [0.29, 0.717) is 22.6 Å². The molecular weight excluding hydrogens is 302 g/mol. The van der Waals surface area contributed by atoms with Gasteiger partial charge in [-0.25, -0.2) is 4.98 Å². The molecule has 1 aromatic carbocycles. The van der Waals surface area contributed by atoms with Crippen molar-refractivity contribution >= 4 is 40.3 Å². The summed E-state index contributed by atoms with van der Waals surface area (Å²) in [4.78, 5) is 15.3. The Morgan fingerprint density at radius 2 is 2.14 bits per heavy atom. The smallest absolute Gasteiger partial charge is 0.170 e. The SMILES string of the molecule is Nc1nc2ccc(-c3ccc4[nH]ncc4c3Cl)cn2c1C=O. The molecule has 0 saturated heterocycles. The number of nitrogens with zero attached hydrogens (tertiary/aromatic N) is 3. The van der Waals surface area contributed by atoms with Gasteiger partial charge in [-0.2, -0.15) is 5.10 Å². The molecule has 0 fully saturated rings. The van der Waals surface area contributed by atoms with Gasteiger partial charge in [-0.3, -0.25) is 14.3 Å². The molecule has 7 heteroatoms. The number of hydrogen-bond acceptors (Lipinski definition) is 4. The number of nitrogens with one attached hydrogen (secondary N) is 1. The summed E-state index contributed by atoms with van der Waals surface area (Å²) in [7, 11) is 0. The number of fused-ring (bicyclic) bond motifs is 2. The van der Waals surface area contributed by atoms with Crippen molar-refractivity contribution in [2.45, 2.75) is 0 Å². The number of nitrogens with two attached hydrogens (primary N) is 1. The largest absolute Gasteiger partial charge is 0.382 e. The lowest BCUT2D eigenvalue weighted by atomic mass is 10.1. The number of halogens is 1. The van der Waals surface area contributed by atoms with E-state index in [9.17, 15) is 4.79 Å². The first-order valence-electron chi connectivity index (χ1n) is 6.54. The maximum atomic E-state index is 11.2. The third kappa shape index (κ3) is 1.71. The second kappa shape index (κ2) is 4.57. The average molecular weight is 312 g/mol. The zero-order chi connectivity index (χ0) is 15.3. The van der Waals surface area contributed by atoms with Crippen LogP contribution in [0.2, 0.25) is 5.02 Å². The van der Waals surface area contributed by atoms with Crippen molar-refractivity contribution in [2.24, 2.45) is 0 Å². The second-order valence-electron chi connectivity index (χ2n) is 4.90. The topological polar surface area (TPSA) is 89.1 Å². The molecule has 0 aliphatic heterocycles. The minimum Gasteiger partial charge on any atom is -0.382 e. The Morgan fingerprint density at radius 3 is 2.95 bits per heavy atom. The van der Waals surface area contributed by atoms with E-state index in [-0.39, 0.29) is 5.82 Å². The summed E-state index contributed by atoms with van der Waals surface area (Å²) in [6.45, 7) is 0. The number of aldehydes is 1. The van der Waals surface area contributed by atoms with Crippen LogP contribution in [0.3, 0.4) is 0 Å². The highest BCUT2D eigenvalue weighted by Gasteiger charge is 2.12. The fourth-order valence-corrected chi connectivity index (χ4v) is 2.89. The van der Waals surface area contributed by atoms with Gasteiger partial charge < -0.3 is 5.73 Å². The number of benzene rings is 1. The molecule has 0 unspecified atom stereocenters. The molecule has 0 bridgehead atoms. The number of carbonyl (C=O) groups is 1. The molecule has 108 valence electrons. The molecule has 0 aliphatic rings. The van der Waals surface area contributed by atoms with E-state index in [1.165, 1.54) is 0 Å². The second-order valence-corrected chi connectivity index (χ2v) is 5.28. The molecule has 0 aliphatic carbocycles. The number of carbonyl (C=O) groups excluding carboxylic acids is 1. The number of aromatic amines is 1. The lowest BCUT2D eigenvalue weighted by Crippen LogP contribution is -1.95. The summed E-state index contributed by atoms with van der Waals surface area (Å²) in [6.07, 6.45) is 4.18. The van der Waals surface area contributed by atoms with Gasteiger partial charge in [-0.05, 0) is 23.8 Å². The molecule has 0 atom stereocenters. The van der Waals surface area contributed by atoms with Crippen LogP contribution in [0.5, 0.6) is 0 Å². The Balaban J connectivity index is 1.99. The highest BCUT2D eigenvalue weighted by molar-refractivity contribution is 6.38. The van der Waals surface area contributed by atoms with Gasteiger partial charge in [0.25, 0.3) is 0 Å². The highest BCUT2D eigenvalue weighted by atomic mass is 35.5. The number of rotatable bonds is 2. The molecule has 3 heterocycles. The first kappa shape index (κ1) is 12.8. The molecule has 3 aromatic heterocycles. The molecular formula is C15H10ClN5O. The van der Waals surface area contributed by atoms with Gasteiger partial charge >= 0.3 is 0 Å². The summed E-state index contributed by atoms with van der Waals surface area (Å²) in [5.74, 6) is 0.212. The van der Waals surface area contributed by atoms with Gasteiger partial charge in [0.1, 0.15) is 11.3 Å². The van der Waals surface area contributed by atoms with Crippen molar-refractivity contribution in [3.8, 4) is 11.1 Å². The van der Waals surface area contributed by atoms with Crippen LogP contribution in [0.15, 0.2) is 36.7 Å². The van der Waals surface area contributed by atoms with E-state index < -0.39 is 0 Å². The molecule has 4 aromatic rings. The van der Waals surface area contributed by atoms with Crippen LogP contribution in [0.1, 0.15) is 10.5 Å². The van der Waals surface area contributed by atoms with Crippen molar-refractivity contribution in [3.05, 3.63) is 47.4 Å². The number of pyridine rings is 1. The highest BCUT2D eigenvalue weighted by Crippen LogP contribution is 2.33. The molecule has 0 radical (unpaired) electrons. The fraction of sp³-hybridized carbons (Fsp3) is 0. The number of hydrogen-bond donors (Lipinski definition) is 2. The van der Waals surface area contributed by atoms with Crippen molar-refractivity contribution in [3.63, 3.8) is 0 Å². The predicted octanol–water partition coefficient (Wildman–Crippen LogP) is 2.93. The number of H-pyrrole nitrogens is 1. The van der Waals surface area contributed by atoms with E-state index in [4.69, 9.17) is 17.3 Å². The van der Waals surface area contributed by atoms with Gasteiger partial charge in [0.05, 0.1) is 16.7 Å². The van der Waals surface area contributed by atoms with E-state index in [2.05, 4.69) is 15.2 Å². The molecule has 0 saturated carbocycles. The average Bonchev–Trinajstić information content (AvgIpc) is 3.10. The zero-order valence-corrected chi connectivity index (χ0v) is 12.0. The third-order valence-electron chi connectivity index (χ3n) is 3.66. The van der Waals surface area contributed by atoms with Crippen molar-refractivity contribution in [1.29, 1.82) is 0 Å². The Morgan fingerprint density at radius 1 is 1.27 bits per heavy atom. The molecule has 3 N–H and O–H groups in total.